The van der Waals surface area contributed by atoms with E-state index in [9.17, 15) is 9.59 Å². The Bertz CT molecular complexity index is 1140. The van der Waals surface area contributed by atoms with Gasteiger partial charge in [0.25, 0.3) is 5.91 Å². The second-order valence-corrected chi connectivity index (χ2v) is 8.49. The van der Waals surface area contributed by atoms with Crippen molar-refractivity contribution in [3.05, 3.63) is 77.2 Å². The summed E-state index contributed by atoms with van der Waals surface area (Å²) >= 11 is 6.55. The first-order valence-corrected chi connectivity index (χ1v) is 11.6. The predicted molar refractivity (Wildman–Crippen MR) is 130 cm³/mol. The number of carbonyl (C=O) groups is 2. The highest BCUT2D eigenvalue weighted by atomic mass is 35.5. The minimum atomic E-state index is -1.09. The van der Waals surface area contributed by atoms with E-state index < -0.39 is 11.9 Å². The molecule has 2 aromatic carbocycles. The maximum atomic E-state index is 13.9. The van der Waals surface area contributed by atoms with Crippen molar-refractivity contribution in [3.63, 3.8) is 0 Å². The minimum absolute atomic E-state index is 0.0402. The Morgan fingerprint density at radius 3 is 2.44 bits per heavy atom. The van der Waals surface area contributed by atoms with Crippen LogP contribution in [0.5, 0.6) is 11.5 Å². The van der Waals surface area contributed by atoms with Crippen LogP contribution in [0.25, 0.3) is 0 Å². The topological polar surface area (TPSA) is 81.0 Å². The molecular formula is C26H27ClN2O5. The van der Waals surface area contributed by atoms with E-state index in [1.54, 1.807) is 54.6 Å². The number of carbonyl (C=O) groups excluding carboxylic acids is 2. The fraction of sp³-hybridized carbons (Fsp3) is 0.308. The third-order valence-corrected chi connectivity index (χ3v) is 6.32. The van der Waals surface area contributed by atoms with Crippen molar-refractivity contribution in [3.8, 4) is 11.5 Å². The Morgan fingerprint density at radius 1 is 1.03 bits per heavy atom. The molecule has 34 heavy (non-hydrogen) atoms. The van der Waals surface area contributed by atoms with Gasteiger partial charge in [0.2, 0.25) is 5.91 Å². The fourth-order valence-corrected chi connectivity index (χ4v) is 4.63. The zero-order chi connectivity index (χ0) is 24.1. The first-order chi connectivity index (χ1) is 16.5. The summed E-state index contributed by atoms with van der Waals surface area (Å²) in [5, 5.41) is 3.46. The van der Waals surface area contributed by atoms with Crippen LogP contribution in [-0.4, -0.2) is 32.1 Å². The van der Waals surface area contributed by atoms with Crippen molar-refractivity contribution in [2.75, 3.05) is 19.1 Å². The average molecular weight is 483 g/mol. The van der Waals surface area contributed by atoms with Gasteiger partial charge in [-0.25, -0.2) is 0 Å². The second-order valence-electron chi connectivity index (χ2n) is 8.08. The largest absolute Gasteiger partial charge is 0.493 e. The number of hydrogen-bond donors (Lipinski definition) is 1. The van der Waals surface area contributed by atoms with Crippen molar-refractivity contribution in [2.24, 2.45) is 0 Å². The molecule has 1 N–H and O–H groups in total. The van der Waals surface area contributed by atoms with Crippen molar-refractivity contribution in [2.45, 2.75) is 37.8 Å². The highest BCUT2D eigenvalue weighted by Crippen LogP contribution is 2.41. The van der Waals surface area contributed by atoms with Crippen LogP contribution in [-0.2, 0) is 4.79 Å². The quantitative estimate of drug-likeness (QED) is 0.465. The van der Waals surface area contributed by atoms with Gasteiger partial charge in [0, 0.05) is 11.6 Å². The number of nitrogens with one attached hydrogen (secondary N) is 1. The molecule has 178 valence electrons. The second kappa shape index (κ2) is 10.7. The van der Waals surface area contributed by atoms with Crippen molar-refractivity contribution in [1.29, 1.82) is 0 Å². The minimum Gasteiger partial charge on any atom is -0.493 e. The van der Waals surface area contributed by atoms with E-state index in [1.165, 1.54) is 25.4 Å². The summed E-state index contributed by atoms with van der Waals surface area (Å²) in [6, 6.07) is 14.3. The van der Waals surface area contributed by atoms with E-state index >= 15 is 0 Å². The lowest BCUT2D eigenvalue weighted by atomic mass is 10.00. The van der Waals surface area contributed by atoms with Crippen LogP contribution in [0.3, 0.4) is 0 Å². The van der Waals surface area contributed by atoms with Crippen LogP contribution < -0.4 is 19.7 Å². The Labute approximate surface area is 203 Å². The zero-order valence-corrected chi connectivity index (χ0v) is 19.9. The van der Waals surface area contributed by atoms with E-state index in [2.05, 4.69) is 5.32 Å². The molecule has 4 rings (SSSR count). The lowest BCUT2D eigenvalue weighted by molar-refractivity contribution is -0.123. The molecule has 0 saturated heterocycles. The highest BCUT2D eigenvalue weighted by molar-refractivity contribution is 6.34. The summed E-state index contributed by atoms with van der Waals surface area (Å²) in [5.41, 5.74) is 0.846. The van der Waals surface area contributed by atoms with Gasteiger partial charge >= 0.3 is 0 Å². The molecule has 1 aromatic heterocycles. The molecule has 0 aliphatic heterocycles. The van der Waals surface area contributed by atoms with Gasteiger partial charge in [-0.15, -0.1) is 0 Å². The number of nitrogens with zero attached hydrogens (tertiary/aromatic N) is 1. The Kier molecular flexibility index (Phi) is 7.43. The number of benzene rings is 2. The monoisotopic (exact) mass is 482 g/mol. The number of hydrogen-bond acceptors (Lipinski definition) is 5. The number of para-hydroxylation sites is 2. The Balaban J connectivity index is 1.90. The standard InChI is InChI=1S/C26H27ClN2O5/c1-32-21-14-7-11-18(24(21)33-2)23(25(30)28-17-9-3-4-10-17)29(20-13-6-5-12-19(20)27)26(31)22-15-8-16-34-22/h5-8,11-17,23H,3-4,9-10H2,1-2H3,(H,28,30)/t23-/m0/s1. The Morgan fingerprint density at radius 2 is 1.79 bits per heavy atom. The van der Waals surface area contributed by atoms with Crippen LogP contribution in [0.15, 0.2) is 65.3 Å². The van der Waals surface area contributed by atoms with Gasteiger partial charge in [0.05, 0.1) is 31.2 Å². The summed E-state index contributed by atoms with van der Waals surface area (Å²) in [6.45, 7) is 0. The van der Waals surface area contributed by atoms with Gasteiger partial charge in [0.15, 0.2) is 17.3 Å². The van der Waals surface area contributed by atoms with Gasteiger partial charge in [0.1, 0.15) is 6.04 Å². The number of rotatable bonds is 8. The highest BCUT2D eigenvalue weighted by Gasteiger charge is 2.38. The fourth-order valence-electron chi connectivity index (χ4n) is 4.41. The summed E-state index contributed by atoms with van der Waals surface area (Å²) in [6.07, 6.45) is 5.31. The van der Waals surface area contributed by atoms with Gasteiger partial charge < -0.3 is 19.2 Å². The summed E-state index contributed by atoms with van der Waals surface area (Å²) in [5.74, 6) is 0.0531. The smallest absolute Gasteiger partial charge is 0.295 e. The van der Waals surface area contributed by atoms with Gasteiger partial charge in [-0.3, -0.25) is 14.5 Å². The number of amides is 2. The van der Waals surface area contributed by atoms with Gasteiger partial charge in [-0.2, -0.15) is 0 Å². The van der Waals surface area contributed by atoms with Crippen LogP contribution in [0.1, 0.15) is 47.8 Å². The Hall–Kier alpha value is -3.45. The maximum Gasteiger partial charge on any atom is 0.295 e. The predicted octanol–water partition coefficient (Wildman–Crippen LogP) is 5.40. The van der Waals surface area contributed by atoms with Crippen LogP contribution in [0, 0.1) is 0 Å². The molecule has 1 aliphatic rings. The van der Waals surface area contributed by atoms with E-state index in [0.29, 0.717) is 27.8 Å². The van der Waals surface area contributed by atoms with Crippen LogP contribution in [0.2, 0.25) is 5.02 Å². The molecule has 0 radical (unpaired) electrons. The molecule has 1 heterocycles. The van der Waals surface area contributed by atoms with E-state index in [-0.39, 0.29) is 17.7 Å². The van der Waals surface area contributed by atoms with Gasteiger partial charge in [-0.05, 0) is 43.2 Å². The third kappa shape index (κ3) is 4.75. The number of ether oxygens (including phenoxy) is 2. The molecule has 7 nitrogen and oxygen atoms in total. The SMILES string of the molecule is COc1cccc([C@@H](C(=O)NC2CCCC2)N(C(=O)c2ccco2)c2ccccc2Cl)c1OC. The van der Waals surface area contributed by atoms with Gasteiger partial charge in [-0.1, -0.05) is 48.7 Å². The summed E-state index contributed by atoms with van der Waals surface area (Å²) in [4.78, 5) is 29.0. The van der Waals surface area contributed by atoms with Crippen molar-refractivity contribution < 1.29 is 23.5 Å². The van der Waals surface area contributed by atoms with Crippen LogP contribution in [0.4, 0.5) is 5.69 Å². The number of halogens is 1. The molecule has 3 aromatic rings. The molecule has 8 heteroatoms. The van der Waals surface area contributed by atoms with Crippen LogP contribution >= 0.6 is 11.6 Å². The molecule has 1 fully saturated rings. The average Bonchev–Trinajstić information content (AvgIpc) is 3.57. The molecule has 1 saturated carbocycles. The first kappa shape index (κ1) is 23.7. The molecule has 0 unspecified atom stereocenters. The molecule has 0 bridgehead atoms. The number of anilines is 1. The van der Waals surface area contributed by atoms with E-state index in [4.69, 9.17) is 25.5 Å². The molecule has 1 atom stereocenters. The van der Waals surface area contributed by atoms with Crippen molar-refractivity contribution in [1.82, 2.24) is 5.32 Å². The summed E-state index contributed by atoms with van der Waals surface area (Å²) < 4.78 is 16.5. The molecule has 1 aliphatic carbocycles. The number of furan rings is 1. The number of methoxy groups -OCH3 is 2. The zero-order valence-electron chi connectivity index (χ0n) is 19.1. The molecular weight excluding hydrogens is 456 g/mol. The molecule has 2 amide bonds. The third-order valence-electron chi connectivity index (χ3n) is 6.00. The normalized spacial score (nSPS) is 14.4. The van der Waals surface area contributed by atoms with Crippen molar-refractivity contribution >= 4 is 29.1 Å². The van der Waals surface area contributed by atoms with E-state index in [1.807, 2.05) is 0 Å². The van der Waals surface area contributed by atoms with E-state index in [0.717, 1.165) is 25.7 Å². The first-order valence-electron chi connectivity index (χ1n) is 11.2. The maximum absolute atomic E-state index is 13.9. The molecule has 0 spiro atoms. The summed E-state index contributed by atoms with van der Waals surface area (Å²) in [7, 11) is 3.02. The lowest BCUT2D eigenvalue weighted by Crippen LogP contribution is -2.46. The lowest BCUT2D eigenvalue weighted by Gasteiger charge is -2.33.